The van der Waals surface area contributed by atoms with Crippen LogP contribution in [0.4, 0.5) is 10.5 Å². The average Bonchev–Trinajstić information content (AvgIpc) is 2.69. The summed E-state index contributed by atoms with van der Waals surface area (Å²) in [5, 5.41) is 3.22. The molecular formula is C20H19N5O3. The van der Waals surface area contributed by atoms with Crippen LogP contribution < -0.4 is 16.0 Å². The van der Waals surface area contributed by atoms with Crippen LogP contribution >= 0.6 is 0 Å². The molecule has 3 aliphatic rings. The Kier molecular flexibility index (Phi) is 4.52. The van der Waals surface area contributed by atoms with E-state index in [-0.39, 0.29) is 30.3 Å². The minimum Gasteiger partial charge on any atom is -0.367 e. The number of primary amides is 1. The summed E-state index contributed by atoms with van der Waals surface area (Å²) in [5.41, 5.74) is 7.63. The highest BCUT2D eigenvalue weighted by Crippen LogP contribution is 2.31. The van der Waals surface area contributed by atoms with E-state index in [1.807, 2.05) is 12.2 Å². The van der Waals surface area contributed by atoms with Crippen LogP contribution in [0.5, 0.6) is 0 Å². The maximum Gasteiger partial charge on any atom is 0.330 e. The maximum absolute atomic E-state index is 13.3. The van der Waals surface area contributed by atoms with Crippen LogP contribution in [0, 0.1) is 0 Å². The van der Waals surface area contributed by atoms with E-state index in [0.717, 1.165) is 5.57 Å². The van der Waals surface area contributed by atoms with Crippen molar-refractivity contribution in [1.29, 1.82) is 0 Å². The Morgan fingerprint density at radius 2 is 2.07 bits per heavy atom. The molecule has 1 aromatic carbocycles. The third kappa shape index (κ3) is 3.20. The number of rotatable bonds is 4. The molecule has 0 aliphatic carbocycles. The monoisotopic (exact) mass is 377 g/mol. The number of dihydropyridines is 1. The van der Waals surface area contributed by atoms with Crippen molar-refractivity contribution in [2.75, 3.05) is 24.5 Å². The van der Waals surface area contributed by atoms with Crippen molar-refractivity contribution in [2.45, 2.75) is 6.42 Å². The minimum atomic E-state index is -0.612. The fraction of sp³-hybridized carbons (Fsp3) is 0.200. The molecule has 4 rings (SSSR count). The number of hydrogen-bond donors (Lipinski definition) is 2. The van der Waals surface area contributed by atoms with Gasteiger partial charge in [0.15, 0.2) is 5.78 Å². The molecular weight excluding hydrogens is 358 g/mol. The Bertz CT molecular complexity index is 989. The van der Waals surface area contributed by atoms with E-state index in [1.165, 1.54) is 11.0 Å². The topological polar surface area (TPSA) is 108 Å². The quantitative estimate of drug-likeness (QED) is 0.825. The standard InChI is InChI=1S/C20H19N5O3/c21-18(27)16-5-1-2-6-17(16)25-19-13(4-3-8-23-19)11-24(20(25)28)12-14-10-15(26)7-9-22-14/h1-6,9-10,23H,7-8,11-12H2,(H2,21,27). The summed E-state index contributed by atoms with van der Waals surface area (Å²) in [6, 6.07) is 6.42. The highest BCUT2D eigenvalue weighted by atomic mass is 16.2. The van der Waals surface area contributed by atoms with Crippen molar-refractivity contribution in [3.63, 3.8) is 0 Å². The third-order valence-electron chi connectivity index (χ3n) is 4.70. The van der Waals surface area contributed by atoms with Crippen molar-refractivity contribution >= 4 is 29.6 Å². The van der Waals surface area contributed by atoms with E-state index < -0.39 is 5.91 Å². The molecule has 3 aliphatic heterocycles. The second kappa shape index (κ2) is 7.15. The van der Waals surface area contributed by atoms with E-state index in [2.05, 4.69) is 10.3 Å². The first-order valence-electron chi connectivity index (χ1n) is 8.92. The minimum absolute atomic E-state index is 0.0375. The summed E-state index contributed by atoms with van der Waals surface area (Å²) >= 11 is 0. The zero-order valence-electron chi connectivity index (χ0n) is 15.1. The van der Waals surface area contributed by atoms with Gasteiger partial charge in [-0.05, 0) is 12.1 Å². The number of urea groups is 1. The number of allylic oxidation sites excluding steroid dienone is 1. The summed E-state index contributed by atoms with van der Waals surface area (Å²) in [5.74, 6) is -0.0154. The maximum atomic E-state index is 13.3. The lowest BCUT2D eigenvalue weighted by atomic mass is 10.1. The number of carbonyl (C=O) groups is 3. The molecule has 0 saturated heterocycles. The van der Waals surface area contributed by atoms with E-state index in [1.54, 1.807) is 35.4 Å². The van der Waals surface area contributed by atoms with Gasteiger partial charge in [0.1, 0.15) is 5.82 Å². The molecule has 8 heteroatoms. The molecule has 0 fully saturated rings. The second-order valence-electron chi connectivity index (χ2n) is 6.63. The van der Waals surface area contributed by atoms with Gasteiger partial charge in [0.2, 0.25) is 0 Å². The molecule has 8 nitrogen and oxygen atoms in total. The normalized spacial score (nSPS) is 18.8. The highest BCUT2D eigenvalue weighted by molar-refractivity contribution is 6.06. The fourth-order valence-electron chi connectivity index (χ4n) is 3.45. The summed E-state index contributed by atoms with van der Waals surface area (Å²) < 4.78 is 0. The Labute approximate surface area is 161 Å². The first-order chi connectivity index (χ1) is 13.5. The number of nitrogens with two attached hydrogens (primary N) is 1. The van der Waals surface area contributed by atoms with E-state index in [0.29, 0.717) is 30.3 Å². The number of anilines is 1. The van der Waals surface area contributed by atoms with Crippen LogP contribution in [0.3, 0.4) is 0 Å². The van der Waals surface area contributed by atoms with Gasteiger partial charge in [-0.1, -0.05) is 24.3 Å². The number of ketones is 1. The van der Waals surface area contributed by atoms with Gasteiger partial charge in [0.25, 0.3) is 5.91 Å². The first-order valence-corrected chi connectivity index (χ1v) is 8.92. The molecule has 0 bridgehead atoms. The van der Waals surface area contributed by atoms with Crippen LogP contribution in [0.2, 0.25) is 0 Å². The van der Waals surface area contributed by atoms with Crippen LogP contribution in [0.25, 0.3) is 0 Å². The Hall–Kier alpha value is -3.68. The molecule has 28 heavy (non-hydrogen) atoms. The first kappa shape index (κ1) is 17.7. The molecule has 3 amide bonds. The Morgan fingerprint density at radius 3 is 2.86 bits per heavy atom. The van der Waals surface area contributed by atoms with Crippen molar-refractivity contribution in [1.82, 2.24) is 10.2 Å². The van der Waals surface area contributed by atoms with Gasteiger partial charge in [-0.3, -0.25) is 14.6 Å². The van der Waals surface area contributed by atoms with Gasteiger partial charge in [0.05, 0.1) is 30.0 Å². The lowest BCUT2D eigenvalue weighted by Gasteiger charge is -2.40. The number of para-hydroxylation sites is 1. The number of carbonyl (C=O) groups excluding carboxylic acids is 3. The molecule has 0 saturated carbocycles. The molecule has 0 aromatic heterocycles. The summed E-state index contributed by atoms with van der Waals surface area (Å²) in [6.45, 7) is 1.14. The Morgan fingerprint density at radius 1 is 1.25 bits per heavy atom. The Balaban J connectivity index is 1.75. The van der Waals surface area contributed by atoms with Gasteiger partial charge >= 0.3 is 6.03 Å². The lowest BCUT2D eigenvalue weighted by molar-refractivity contribution is -0.113. The lowest BCUT2D eigenvalue weighted by Crippen LogP contribution is -2.53. The molecule has 0 radical (unpaired) electrons. The van der Waals surface area contributed by atoms with Gasteiger partial charge in [-0.15, -0.1) is 0 Å². The number of nitrogens with zero attached hydrogens (tertiary/aromatic N) is 3. The molecule has 0 spiro atoms. The molecule has 0 atom stereocenters. The van der Waals surface area contributed by atoms with E-state index in [9.17, 15) is 14.4 Å². The average molecular weight is 377 g/mol. The van der Waals surface area contributed by atoms with Crippen LogP contribution in [0.1, 0.15) is 16.8 Å². The van der Waals surface area contributed by atoms with E-state index in [4.69, 9.17) is 5.73 Å². The smallest absolute Gasteiger partial charge is 0.330 e. The van der Waals surface area contributed by atoms with Crippen molar-refractivity contribution < 1.29 is 14.4 Å². The predicted octanol–water partition coefficient (Wildman–Crippen LogP) is 1.33. The number of benzene rings is 1. The molecule has 142 valence electrons. The van der Waals surface area contributed by atoms with Gasteiger partial charge < -0.3 is 16.0 Å². The SMILES string of the molecule is NC(=O)c1ccccc1N1C(=O)N(CC2=CC(=O)CC=N2)CC2=C1NCC=C2. The fourth-order valence-corrected chi connectivity index (χ4v) is 3.45. The number of hydrogen-bond acceptors (Lipinski definition) is 5. The van der Waals surface area contributed by atoms with E-state index >= 15 is 0 Å². The van der Waals surface area contributed by atoms with Gasteiger partial charge in [0, 0.05) is 30.8 Å². The summed E-state index contributed by atoms with van der Waals surface area (Å²) in [7, 11) is 0. The largest absolute Gasteiger partial charge is 0.367 e. The zero-order valence-corrected chi connectivity index (χ0v) is 15.1. The van der Waals surface area contributed by atoms with Gasteiger partial charge in [-0.25, -0.2) is 9.69 Å². The summed E-state index contributed by atoms with van der Waals surface area (Å²) in [4.78, 5) is 44.2. The van der Waals surface area contributed by atoms with Gasteiger partial charge in [-0.2, -0.15) is 0 Å². The highest BCUT2D eigenvalue weighted by Gasteiger charge is 2.35. The summed E-state index contributed by atoms with van der Waals surface area (Å²) in [6.07, 6.45) is 7.21. The number of aliphatic imine (C=N–C) groups is 1. The van der Waals surface area contributed by atoms with Crippen LogP contribution in [-0.4, -0.2) is 48.5 Å². The molecule has 3 N–H and O–H groups in total. The zero-order chi connectivity index (χ0) is 19.7. The molecule has 3 heterocycles. The number of amides is 3. The predicted molar refractivity (Wildman–Crippen MR) is 105 cm³/mol. The van der Waals surface area contributed by atoms with Crippen molar-refractivity contribution in [2.24, 2.45) is 10.7 Å². The van der Waals surface area contributed by atoms with Crippen LogP contribution in [-0.2, 0) is 4.79 Å². The molecule has 0 unspecified atom stereocenters. The van der Waals surface area contributed by atoms with Crippen molar-refractivity contribution in [3.8, 4) is 0 Å². The number of nitrogens with one attached hydrogen (secondary N) is 1. The van der Waals surface area contributed by atoms with Crippen molar-refractivity contribution in [3.05, 3.63) is 65.1 Å². The third-order valence-corrected chi connectivity index (χ3v) is 4.70. The second-order valence-corrected chi connectivity index (χ2v) is 6.63. The molecule has 1 aromatic rings. The van der Waals surface area contributed by atoms with Crippen LogP contribution in [0.15, 0.2) is 64.6 Å².